The first-order valence-corrected chi connectivity index (χ1v) is 11.8. The lowest BCUT2D eigenvalue weighted by atomic mass is 9.89. The van der Waals surface area contributed by atoms with Crippen LogP contribution < -0.4 is 21.1 Å². The van der Waals surface area contributed by atoms with Gasteiger partial charge in [0.25, 0.3) is 11.5 Å². The Labute approximate surface area is 195 Å². The minimum atomic E-state index is -0.222. The lowest BCUT2D eigenvalue weighted by molar-refractivity contribution is 0.0950. The molecule has 1 aliphatic carbocycles. The quantitative estimate of drug-likeness (QED) is 0.580. The molecule has 1 heterocycles. The van der Waals surface area contributed by atoms with Crippen molar-refractivity contribution in [2.75, 3.05) is 18.5 Å². The number of benzene rings is 1. The summed E-state index contributed by atoms with van der Waals surface area (Å²) in [6.45, 7) is 8.89. The first kappa shape index (κ1) is 24.3. The summed E-state index contributed by atoms with van der Waals surface area (Å²) < 4.78 is 0. The SMILES string of the molecule is CCN(c1cc(Cl)cc(C(=O)NCc2c(C)cc(C)[nH]c2=O)c1C)C1CCC(NC)CC1. The van der Waals surface area contributed by atoms with Crippen LogP contribution in [0.1, 0.15) is 65.3 Å². The van der Waals surface area contributed by atoms with Crippen molar-refractivity contribution in [3.63, 3.8) is 0 Å². The zero-order chi connectivity index (χ0) is 23.4. The molecule has 0 bridgehead atoms. The van der Waals surface area contributed by atoms with E-state index in [0.717, 1.165) is 54.7 Å². The summed E-state index contributed by atoms with van der Waals surface area (Å²) in [5.41, 5.74) is 4.56. The van der Waals surface area contributed by atoms with Crippen molar-refractivity contribution < 1.29 is 4.79 Å². The van der Waals surface area contributed by atoms with Gasteiger partial charge in [0, 0.05) is 52.7 Å². The second-order valence-corrected chi connectivity index (χ2v) is 9.24. The van der Waals surface area contributed by atoms with Crippen molar-refractivity contribution in [1.82, 2.24) is 15.6 Å². The summed E-state index contributed by atoms with van der Waals surface area (Å²) >= 11 is 6.47. The predicted octanol–water partition coefficient (Wildman–Crippen LogP) is 4.24. The number of nitrogens with zero attached hydrogens (tertiary/aromatic N) is 1. The summed E-state index contributed by atoms with van der Waals surface area (Å²) in [4.78, 5) is 30.6. The Morgan fingerprint density at radius 2 is 1.84 bits per heavy atom. The fourth-order valence-corrected chi connectivity index (χ4v) is 5.08. The van der Waals surface area contributed by atoms with Crippen LogP contribution in [0.3, 0.4) is 0 Å². The highest BCUT2D eigenvalue weighted by Crippen LogP contribution is 2.33. The Kier molecular flexibility index (Phi) is 8.01. The van der Waals surface area contributed by atoms with Crippen molar-refractivity contribution in [3.05, 3.63) is 61.5 Å². The number of aromatic amines is 1. The van der Waals surface area contributed by atoms with Crippen LogP contribution >= 0.6 is 11.6 Å². The highest BCUT2D eigenvalue weighted by Gasteiger charge is 2.27. The van der Waals surface area contributed by atoms with Gasteiger partial charge < -0.3 is 20.5 Å². The summed E-state index contributed by atoms with van der Waals surface area (Å²) in [6.07, 6.45) is 4.52. The fourth-order valence-electron chi connectivity index (χ4n) is 4.87. The zero-order valence-electron chi connectivity index (χ0n) is 19.8. The van der Waals surface area contributed by atoms with Gasteiger partial charge >= 0.3 is 0 Å². The lowest BCUT2D eigenvalue weighted by Gasteiger charge is -2.39. The maximum Gasteiger partial charge on any atom is 0.253 e. The van der Waals surface area contributed by atoms with E-state index in [1.54, 1.807) is 6.07 Å². The highest BCUT2D eigenvalue weighted by molar-refractivity contribution is 6.31. The van der Waals surface area contributed by atoms with E-state index >= 15 is 0 Å². The molecular formula is C25H35ClN4O2. The molecule has 0 atom stereocenters. The van der Waals surface area contributed by atoms with Crippen LogP contribution in [0.4, 0.5) is 5.69 Å². The number of aryl methyl sites for hydroxylation is 2. The van der Waals surface area contributed by atoms with Gasteiger partial charge in [-0.1, -0.05) is 11.6 Å². The highest BCUT2D eigenvalue weighted by atomic mass is 35.5. The van der Waals surface area contributed by atoms with Crippen LogP contribution in [0.15, 0.2) is 23.0 Å². The molecule has 6 nitrogen and oxygen atoms in total. The number of pyridine rings is 1. The third-order valence-electron chi connectivity index (χ3n) is 6.71. The van der Waals surface area contributed by atoms with Gasteiger partial charge in [0.15, 0.2) is 0 Å². The molecule has 0 aliphatic heterocycles. The van der Waals surface area contributed by atoms with Crippen LogP contribution in [0.5, 0.6) is 0 Å². The van der Waals surface area contributed by atoms with Gasteiger partial charge in [0.05, 0.1) is 0 Å². The molecule has 7 heteroatoms. The second-order valence-electron chi connectivity index (χ2n) is 8.80. The van der Waals surface area contributed by atoms with Gasteiger partial charge in [-0.25, -0.2) is 0 Å². The molecule has 1 aromatic carbocycles. The predicted molar refractivity (Wildman–Crippen MR) is 132 cm³/mol. The number of rotatable bonds is 7. The largest absolute Gasteiger partial charge is 0.369 e. The number of hydrogen-bond donors (Lipinski definition) is 3. The summed E-state index contributed by atoms with van der Waals surface area (Å²) in [5.74, 6) is -0.222. The fraction of sp³-hybridized carbons (Fsp3) is 0.520. The molecule has 174 valence electrons. The van der Waals surface area contributed by atoms with E-state index in [4.69, 9.17) is 11.6 Å². The number of H-pyrrole nitrogens is 1. The van der Waals surface area contributed by atoms with Gasteiger partial charge in [0.1, 0.15) is 0 Å². The third-order valence-corrected chi connectivity index (χ3v) is 6.92. The van der Waals surface area contributed by atoms with E-state index < -0.39 is 0 Å². The molecule has 32 heavy (non-hydrogen) atoms. The average molecular weight is 459 g/mol. The molecule has 3 rings (SSSR count). The third kappa shape index (κ3) is 5.36. The van der Waals surface area contributed by atoms with E-state index in [9.17, 15) is 9.59 Å². The van der Waals surface area contributed by atoms with Gasteiger partial charge in [-0.2, -0.15) is 0 Å². The van der Waals surface area contributed by atoms with E-state index in [1.807, 2.05) is 40.0 Å². The van der Waals surface area contributed by atoms with E-state index in [2.05, 4.69) is 27.4 Å². The minimum absolute atomic E-state index is 0.166. The molecule has 1 amide bonds. The van der Waals surface area contributed by atoms with Crippen LogP contribution in [0, 0.1) is 20.8 Å². The number of halogens is 1. The first-order chi connectivity index (χ1) is 15.2. The summed E-state index contributed by atoms with van der Waals surface area (Å²) in [6, 6.07) is 6.61. The van der Waals surface area contributed by atoms with Crippen molar-refractivity contribution in [3.8, 4) is 0 Å². The minimum Gasteiger partial charge on any atom is -0.369 e. The molecular weight excluding hydrogens is 424 g/mol. The molecule has 1 aromatic heterocycles. The van der Waals surface area contributed by atoms with Crippen molar-refractivity contribution in [2.24, 2.45) is 0 Å². The van der Waals surface area contributed by atoms with Gasteiger partial charge in [-0.15, -0.1) is 0 Å². The molecule has 0 saturated heterocycles. The number of amides is 1. The number of carbonyl (C=O) groups excluding carboxylic acids is 1. The van der Waals surface area contributed by atoms with E-state index in [0.29, 0.717) is 28.2 Å². The Balaban J connectivity index is 1.82. The Morgan fingerprint density at radius 3 is 2.44 bits per heavy atom. The van der Waals surface area contributed by atoms with Crippen LogP contribution in [0.25, 0.3) is 0 Å². The Hall–Kier alpha value is -2.31. The smallest absolute Gasteiger partial charge is 0.253 e. The van der Waals surface area contributed by atoms with Crippen molar-refractivity contribution in [2.45, 2.75) is 72.0 Å². The zero-order valence-corrected chi connectivity index (χ0v) is 20.5. The van der Waals surface area contributed by atoms with Gasteiger partial charge in [0.2, 0.25) is 0 Å². The van der Waals surface area contributed by atoms with Crippen LogP contribution in [0.2, 0.25) is 5.02 Å². The molecule has 2 aromatic rings. The standard InChI is InChI=1S/C25H35ClN4O2/c1-6-30(20-9-7-19(27-5)8-10-20)23-13-18(26)12-21(17(23)4)24(31)28-14-22-15(2)11-16(3)29-25(22)32/h11-13,19-20,27H,6-10,14H2,1-5H3,(H,28,31)(H,29,32). The summed E-state index contributed by atoms with van der Waals surface area (Å²) in [5, 5.41) is 6.85. The molecule has 3 N–H and O–H groups in total. The first-order valence-electron chi connectivity index (χ1n) is 11.5. The second kappa shape index (κ2) is 10.5. The molecule has 1 saturated carbocycles. The Bertz CT molecular complexity index is 1030. The van der Waals surface area contributed by atoms with E-state index in [-0.39, 0.29) is 18.0 Å². The maximum atomic E-state index is 13.1. The molecule has 0 unspecified atom stereocenters. The van der Waals surface area contributed by atoms with E-state index in [1.165, 1.54) is 0 Å². The normalized spacial score (nSPS) is 18.4. The monoisotopic (exact) mass is 458 g/mol. The van der Waals surface area contributed by atoms with Crippen LogP contribution in [-0.2, 0) is 6.54 Å². The number of anilines is 1. The molecule has 1 aliphatic rings. The maximum absolute atomic E-state index is 13.1. The number of carbonyl (C=O) groups is 1. The summed E-state index contributed by atoms with van der Waals surface area (Å²) in [7, 11) is 2.03. The molecule has 0 spiro atoms. The number of nitrogens with one attached hydrogen (secondary N) is 3. The number of aromatic nitrogens is 1. The average Bonchev–Trinajstić information content (AvgIpc) is 2.75. The lowest BCUT2D eigenvalue weighted by Crippen LogP contribution is -2.42. The Morgan fingerprint density at radius 1 is 1.16 bits per heavy atom. The van der Waals surface area contributed by atoms with Gasteiger partial charge in [-0.05, 0) is 89.8 Å². The molecule has 0 radical (unpaired) electrons. The topological polar surface area (TPSA) is 77.2 Å². The van der Waals surface area contributed by atoms with Crippen molar-refractivity contribution in [1.29, 1.82) is 0 Å². The van der Waals surface area contributed by atoms with Gasteiger partial charge in [-0.3, -0.25) is 9.59 Å². The number of hydrogen-bond acceptors (Lipinski definition) is 4. The van der Waals surface area contributed by atoms with Crippen LogP contribution in [-0.4, -0.2) is 36.6 Å². The van der Waals surface area contributed by atoms with Crippen molar-refractivity contribution >= 4 is 23.2 Å². The molecule has 1 fully saturated rings.